The summed E-state index contributed by atoms with van der Waals surface area (Å²) in [5, 5.41) is 8.70. The van der Waals surface area contributed by atoms with Gasteiger partial charge in [0.15, 0.2) is 0 Å². The average Bonchev–Trinajstić information content (AvgIpc) is 2.36. The van der Waals surface area contributed by atoms with Crippen molar-refractivity contribution in [3.8, 4) is 0 Å². The van der Waals surface area contributed by atoms with Crippen LogP contribution in [-0.2, 0) is 4.79 Å². The van der Waals surface area contributed by atoms with E-state index in [0.29, 0.717) is 18.5 Å². The van der Waals surface area contributed by atoms with Gasteiger partial charge < -0.3 is 10.0 Å². The van der Waals surface area contributed by atoms with E-state index >= 15 is 0 Å². The van der Waals surface area contributed by atoms with Crippen molar-refractivity contribution in [3.05, 3.63) is 34.9 Å². The van der Waals surface area contributed by atoms with Gasteiger partial charge in [-0.25, -0.2) is 0 Å². The number of rotatable bonds is 6. The van der Waals surface area contributed by atoms with Crippen LogP contribution in [0.1, 0.15) is 48.2 Å². The Balaban J connectivity index is 2.88. The Morgan fingerprint density at radius 1 is 1.25 bits per heavy atom. The first-order valence-electron chi connectivity index (χ1n) is 6.93. The lowest BCUT2D eigenvalue weighted by Gasteiger charge is -2.27. The number of hydrogen-bond acceptors (Lipinski definition) is 2. The topological polar surface area (TPSA) is 57.6 Å². The summed E-state index contributed by atoms with van der Waals surface area (Å²) >= 11 is 0. The van der Waals surface area contributed by atoms with Crippen LogP contribution in [0.2, 0.25) is 0 Å². The number of aryl methyl sites for hydroxylation is 2. The second-order valence-corrected chi connectivity index (χ2v) is 5.41. The molecule has 0 saturated carbocycles. The number of aliphatic carboxylic acids is 1. The van der Waals surface area contributed by atoms with Gasteiger partial charge in [-0.15, -0.1) is 0 Å². The molecule has 0 fully saturated rings. The van der Waals surface area contributed by atoms with E-state index in [4.69, 9.17) is 5.11 Å². The fraction of sp³-hybridized carbons (Fsp3) is 0.500. The summed E-state index contributed by atoms with van der Waals surface area (Å²) in [6.07, 6.45) is 0.563. The van der Waals surface area contributed by atoms with Crippen molar-refractivity contribution in [2.75, 3.05) is 6.54 Å². The highest BCUT2D eigenvalue weighted by molar-refractivity contribution is 5.96. The van der Waals surface area contributed by atoms with Gasteiger partial charge in [-0.2, -0.15) is 0 Å². The molecule has 0 aliphatic heterocycles. The van der Waals surface area contributed by atoms with Gasteiger partial charge in [-0.3, -0.25) is 9.59 Å². The number of carboxylic acids is 1. The van der Waals surface area contributed by atoms with Crippen LogP contribution in [0.3, 0.4) is 0 Å². The molecule has 0 spiro atoms. The molecular formula is C16H23NO3. The Labute approximate surface area is 120 Å². The van der Waals surface area contributed by atoms with Crippen LogP contribution in [0, 0.1) is 13.8 Å². The lowest BCUT2D eigenvalue weighted by Crippen LogP contribution is -2.38. The van der Waals surface area contributed by atoms with E-state index in [1.165, 1.54) is 0 Å². The molecule has 0 aromatic heterocycles. The number of amides is 1. The molecule has 0 aliphatic rings. The van der Waals surface area contributed by atoms with E-state index in [1.54, 1.807) is 4.90 Å². The molecule has 0 aliphatic carbocycles. The molecule has 0 radical (unpaired) electrons. The summed E-state index contributed by atoms with van der Waals surface area (Å²) in [6, 6.07) is 5.87. The maximum absolute atomic E-state index is 12.6. The summed E-state index contributed by atoms with van der Waals surface area (Å²) in [7, 11) is 0. The first kappa shape index (κ1) is 16.2. The standard InChI is InChI=1S/C16H23NO3/c1-11(2)17(9-5-6-15(18)19)16(20)14-10-12(3)7-8-13(14)4/h7-8,10-11H,5-6,9H2,1-4H3,(H,18,19). The maximum Gasteiger partial charge on any atom is 0.303 e. The van der Waals surface area contributed by atoms with Gasteiger partial charge in [0.25, 0.3) is 5.91 Å². The van der Waals surface area contributed by atoms with Crippen LogP contribution >= 0.6 is 0 Å². The van der Waals surface area contributed by atoms with E-state index in [-0.39, 0.29) is 18.4 Å². The highest BCUT2D eigenvalue weighted by atomic mass is 16.4. The molecule has 0 atom stereocenters. The zero-order valence-corrected chi connectivity index (χ0v) is 12.6. The molecule has 1 aromatic carbocycles. The molecule has 0 unspecified atom stereocenters. The maximum atomic E-state index is 12.6. The number of carboxylic acid groups (broad SMARTS) is 1. The van der Waals surface area contributed by atoms with Gasteiger partial charge in [0.1, 0.15) is 0 Å². The van der Waals surface area contributed by atoms with Crippen molar-refractivity contribution in [2.45, 2.75) is 46.6 Å². The van der Waals surface area contributed by atoms with E-state index in [0.717, 1.165) is 11.1 Å². The van der Waals surface area contributed by atoms with Crippen molar-refractivity contribution in [3.63, 3.8) is 0 Å². The van der Waals surface area contributed by atoms with Gasteiger partial charge in [-0.05, 0) is 45.7 Å². The molecule has 1 amide bonds. The summed E-state index contributed by atoms with van der Waals surface area (Å²) in [5.41, 5.74) is 2.70. The Kier molecular flexibility index (Phi) is 5.74. The molecule has 1 rings (SSSR count). The lowest BCUT2D eigenvalue weighted by molar-refractivity contribution is -0.137. The first-order chi connectivity index (χ1) is 9.32. The van der Waals surface area contributed by atoms with Crippen molar-refractivity contribution in [2.24, 2.45) is 0 Å². The third-order valence-corrected chi connectivity index (χ3v) is 3.30. The average molecular weight is 277 g/mol. The monoisotopic (exact) mass is 277 g/mol. The van der Waals surface area contributed by atoms with Gasteiger partial charge in [-0.1, -0.05) is 17.7 Å². The largest absolute Gasteiger partial charge is 0.481 e. The smallest absolute Gasteiger partial charge is 0.303 e. The molecule has 1 aromatic rings. The predicted molar refractivity (Wildman–Crippen MR) is 79.0 cm³/mol. The molecule has 0 heterocycles. The molecular weight excluding hydrogens is 254 g/mol. The van der Waals surface area contributed by atoms with Crippen LogP contribution in [0.4, 0.5) is 0 Å². The van der Waals surface area contributed by atoms with Gasteiger partial charge in [0.05, 0.1) is 0 Å². The van der Waals surface area contributed by atoms with Gasteiger partial charge >= 0.3 is 5.97 Å². The van der Waals surface area contributed by atoms with E-state index in [9.17, 15) is 9.59 Å². The Bertz CT molecular complexity index is 494. The molecule has 4 heteroatoms. The highest BCUT2D eigenvalue weighted by Crippen LogP contribution is 2.15. The Morgan fingerprint density at radius 3 is 2.45 bits per heavy atom. The van der Waals surface area contributed by atoms with Crippen LogP contribution in [0.15, 0.2) is 18.2 Å². The minimum Gasteiger partial charge on any atom is -0.481 e. The molecule has 4 nitrogen and oxygen atoms in total. The normalized spacial score (nSPS) is 10.7. The Morgan fingerprint density at radius 2 is 1.90 bits per heavy atom. The van der Waals surface area contributed by atoms with Crippen molar-refractivity contribution in [1.82, 2.24) is 4.90 Å². The zero-order chi connectivity index (χ0) is 15.3. The fourth-order valence-electron chi connectivity index (χ4n) is 2.12. The summed E-state index contributed by atoms with van der Waals surface area (Å²) in [4.78, 5) is 24.9. The number of nitrogens with zero attached hydrogens (tertiary/aromatic N) is 1. The molecule has 0 saturated heterocycles. The van der Waals surface area contributed by atoms with E-state index in [2.05, 4.69) is 0 Å². The molecule has 0 bridgehead atoms. The van der Waals surface area contributed by atoms with Crippen molar-refractivity contribution in [1.29, 1.82) is 0 Å². The van der Waals surface area contributed by atoms with E-state index in [1.807, 2.05) is 45.9 Å². The molecule has 110 valence electrons. The third-order valence-electron chi connectivity index (χ3n) is 3.30. The molecule has 20 heavy (non-hydrogen) atoms. The lowest BCUT2D eigenvalue weighted by atomic mass is 10.0. The Hall–Kier alpha value is -1.84. The third kappa shape index (κ3) is 4.37. The first-order valence-corrected chi connectivity index (χ1v) is 6.93. The minimum absolute atomic E-state index is 0.0217. The van der Waals surface area contributed by atoms with Crippen LogP contribution in [0.25, 0.3) is 0 Å². The van der Waals surface area contributed by atoms with Gasteiger partial charge in [0, 0.05) is 24.6 Å². The predicted octanol–water partition coefficient (Wildman–Crippen LogP) is 3.02. The number of hydrogen-bond donors (Lipinski definition) is 1. The number of carbonyl (C=O) groups excluding carboxylic acids is 1. The number of benzene rings is 1. The van der Waals surface area contributed by atoms with Gasteiger partial charge in [0.2, 0.25) is 0 Å². The van der Waals surface area contributed by atoms with Crippen LogP contribution in [-0.4, -0.2) is 34.5 Å². The van der Waals surface area contributed by atoms with Crippen LogP contribution < -0.4 is 0 Å². The summed E-state index contributed by atoms with van der Waals surface area (Å²) < 4.78 is 0. The SMILES string of the molecule is Cc1ccc(C)c(C(=O)N(CCCC(=O)O)C(C)C)c1. The van der Waals surface area contributed by atoms with Crippen LogP contribution in [0.5, 0.6) is 0 Å². The second-order valence-electron chi connectivity index (χ2n) is 5.41. The van der Waals surface area contributed by atoms with Crippen molar-refractivity contribution >= 4 is 11.9 Å². The highest BCUT2D eigenvalue weighted by Gasteiger charge is 2.20. The number of carbonyl (C=O) groups is 2. The summed E-state index contributed by atoms with van der Waals surface area (Å²) in [5.74, 6) is -0.848. The summed E-state index contributed by atoms with van der Waals surface area (Å²) in [6.45, 7) is 8.24. The quantitative estimate of drug-likeness (QED) is 0.869. The van der Waals surface area contributed by atoms with E-state index < -0.39 is 5.97 Å². The second kappa shape index (κ2) is 7.08. The minimum atomic E-state index is -0.826. The van der Waals surface area contributed by atoms with Crippen molar-refractivity contribution < 1.29 is 14.7 Å². The fourth-order valence-corrected chi connectivity index (χ4v) is 2.12. The zero-order valence-electron chi connectivity index (χ0n) is 12.6. The molecule has 1 N–H and O–H groups in total.